The van der Waals surface area contributed by atoms with E-state index in [0.717, 1.165) is 32.5 Å². The first kappa shape index (κ1) is 15.1. The van der Waals surface area contributed by atoms with Crippen molar-refractivity contribution in [1.82, 2.24) is 4.90 Å². The summed E-state index contributed by atoms with van der Waals surface area (Å²) in [5.74, 6) is 0.914. The maximum Gasteiger partial charge on any atom is 0.235 e. The molecule has 1 fully saturated rings. The van der Waals surface area contributed by atoms with Gasteiger partial charge < -0.3 is 10.6 Å². The Kier molecular flexibility index (Phi) is 7.40. The van der Waals surface area contributed by atoms with Gasteiger partial charge in [0.15, 0.2) is 0 Å². The Morgan fingerprint density at radius 3 is 2.47 bits per heavy atom. The van der Waals surface area contributed by atoms with Crippen molar-refractivity contribution in [3.63, 3.8) is 0 Å². The van der Waals surface area contributed by atoms with Gasteiger partial charge in [0.25, 0.3) is 0 Å². The van der Waals surface area contributed by atoms with Crippen LogP contribution >= 0.6 is 24.2 Å². The second-order valence-electron chi connectivity index (χ2n) is 3.88. The standard InChI is InChI=1S/C10H20N2OS.ClH/c1-8(14-2)10(13)12-5-3-9(7-11)4-6-12;/h8-9H,3-7,11H2,1-2H3;1H. The number of rotatable bonds is 3. The lowest BCUT2D eigenvalue weighted by molar-refractivity contribution is -0.131. The summed E-state index contributed by atoms with van der Waals surface area (Å²) in [5, 5.41) is 0.101. The molecule has 3 nitrogen and oxygen atoms in total. The fraction of sp³-hybridized carbons (Fsp3) is 0.900. The monoisotopic (exact) mass is 252 g/mol. The molecule has 1 heterocycles. The van der Waals surface area contributed by atoms with Crippen molar-refractivity contribution < 1.29 is 4.79 Å². The zero-order valence-corrected chi connectivity index (χ0v) is 11.1. The fourth-order valence-electron chi connectivity index (χ4n) is 1.75. The van der Waals surface area contributed by atoms with Gasteiger partial charge in [-0.3, -0.25) is 4.79 Å². The van der Waals surface area contributed by atoms with E-state index in [9.17, 15) is 4.79 Å². The second-order valence-corrected chi connectivity index (χ2v) is 5.06. The molecular formula is C10H21ClN2OS. The third-order valence-electron chi connectivity index (χ3n) is 2.96. The molecule has 1 aliphatic rings. The van der Waals surface area contributed by atoms with Crippen LogP contribution in [-0.2, 0) is 4.79 Å². The predicted molar refractivity (Wildman–Crippen MR) is 68.6 cm³/mol. The Morgan fingerprint density at radius 1 is 1.53 bits per heavy atom. The first-order valence-electron chi connectivity index (χ1n) is 5.20. The van der Waals surface area contributed by atoms with E-state index in [0.29, 0.717) is 5.92 Å². The Balaban J connectivity index is 0.00000196. The van der Waals surface area contributed by atoms with Gasteiger partial charge >= 0.3 is 0 Å². The number of amides is 1. The number of likely N-dealkylation sites (tertiary alicyclic amines) is 1. The molecule has 1 saturated heterocycles. The minimum atomic E-state index is 0. The lowest BCUT2D eigenvalue weighted by atomic mass is 9.97. The number of nitrogens with two attached hydrogens (primary N) is 1. The van der Waals surface area contributed by atoms with Gasteiger partial charge in [0, 0.05) is 13.1 Å². The van der Waals surface area contributed by atoms with Crippen molar-refractivity contribution in [2.45, 2.75) is 25.0 Å². The van der Waals surface area contributed by atoms with Crippen molar-refractivity contribution in [3.05, 3.63) is 0 Å². The van der Waals surface area contributed by atoms with Gasteiger partial charge in [-0.2, -0.15) is 11.8 Å². The van der Waals surface area contributed by atoms with Gasteiger partial charge in [-0.1, -0.05) is 0 Å². The average Bonchev–Trinajstić information content (AvgIpc) is 2.27. The lowest BCUT2D eigenvalue weighted by Gasteiger charge is -2.32. The summed E-state index contributed by atoms with van der Waals surface area (Å²) in [7, 11) is 0. The highest BCUT2D eigenvalue weighted by molar-refractivity contribution is 7.99. The Hall–Kier alpha value is 0.0700. The molecule has 0 aliphatic carbocycles. The minimum Gasteiger partial charge on any atom is -0.342 e. The van der Waals surface area contributed by atoms with Gasteiger partial charge in [0.1, 0.15) is 0 Å². The summed E-state index contributed by atoms with van der Waals surface area (Å²) >= 11 is 1.62. The highest BCUT2D eigenvalue weighted by Gasteiger charge is 2.24. The first-order chi connectivity index (χ1) is 6.69. The highest BCUT2D eigenvalue weighted by Crippen LogP contribution is 2.18. The number of carbonyl (C=O) groups excluding carboxylic acids is 1. The quantitative estimate of drug-likeness (QED) is 0.825. The van der Waals surface area contributed by atoms with E-state index in [1.807, 2.05) is 18.1 Å². The number of carbonyl (C=O) groups is 1. The number of hydrogen-bond donors (Lipinski definition) is 1. The molecule has 90 valence electrons. The van der Waals surface area contributed by atoms with Crippen LogP contribution in [0.5, 0.6) is 0 Å². The fourth-order valence-corrected chi connectivity index (χ4v) is 2.10. The molecule has 0 saturated carbocycles. The van der Waals surface area contributed by atoms with Crippen LogP contribution < -0.4 is 5.73 Å². The molecule has 1 atom stereocenters. The van der Waals surface area contributed by atoms with Crippen LogP contribution in [0.3, 0.4) is 0 Å². The topological polar surface area (TPSA) is 46.3 Å². The van der Waals surface area contributed by atoms with E-state index in [1.54, 1.807) is 11.8 Å². The molecule has 1 amide bonds. The summed E-state index contributed by atoms with van der Waals surface area (Å²) in [6.07, 6.45) is 4.13. The third kappa shape index (κ3) is 4.21. The van der Waals surface area contributed by atoms with Crippen molar-refractivity contribution in [3.8, 4) is 0 Å². The van der Waals surface area contributed by atoms with Crippen molar-refractivity contribution in [2.75, 3.05) is 25.9 Å². The van der Waals surface area contributed by atoms with Crippen LogP contribution in [0.25, 0.3) is 0 Å². The molecule has 0 spiro atoms. The molecule has 15 heavy (non-hydrogen) atoms. The van der Waals surface area contributed by atoms with Crippen LogP contribution in [0.4, 0.5) is 0 Å². The number of nitrogens with zero attached hydrogens (tertiary/aromatic N) is 1. The predicted octanol–water partition coefficient (Wildman–Crippen LogP) is 1.36. The van der Waals surface area contributed by atoms with Gasteiger partial charge in [-0.05, 0) is 38.5 Å². The van der Waals surface area contributed by atoms with Crippen molar-refractivity contribution >= 4 is 30.1 Å². The van der Waals surface area contributed by atoms with E-state index in [2.05, 4.69) is 0 Å². The van der Waals surface area contributed by atoms with E-state index in [-0.39, 0.29) is 23.6 Å². The first-order valence-corrected chi connectivity index (χ1v) is 6.49. The summed E-state index contributed by atoms with van der Waals surface area (Å²) in [6, 6.07) is 0. The lowest BCUT2D eigenvalue weighted by Crippen LogP contribution is -2.43. The molecule has 0 aromatic rings. The van der Waals surface area contributed by atoms with E-state index >= 15 is 0 Å². The third-order valence-corrected chi connectivity index (χ3v) is 3.87. The molecule has 0 bridgehead atoms. The molecule has 0 aromatic carbocycles. The zero-order valence-electron chi connectivity index (χ0n) is 9.44. The second kappa shape index (κ2) is 7.36. The summed E-state index contributed by atoms with van der Waals surface area (Å²) in [4.78, 5) is 13.8. The van der Waals surface area contributed by atoms with Crippen LogP contribution in [-0.4, -0.2) is 41.9 Å². The van der Waals surface area contributed by atoms with Crippen LogP contribution in [0.2, 0.25) is 0 Å². The number of halogens is 1. The van der Waals surface area contributed by atoms with Crippen molar-refractivity contribution in [1.29, 1.82) is 0 Å². The normalized spacial score (nSPS) is 19.5. The van der Waals surface area contributed by atoms with Crippen LogP contribution in [0.1, 0.15) is 19.8 Å². The maximum atomic E-state index is 11.8. The Labute approximate surface area is 103 Å². The molecule has 2 N–H and O–H groups in total. The number of thioether (sulfide) groups is 1. The minimum absolute atomic E-state index is 0. The van der Waals surface area contributed by atoms with E-state index in [4.69, 9.17) is 5.73 Å². The molecular weight excluding hydrogens is 232 g/mol. The Morgan fingerprint density at radius 2 is 2.07 bits per heavy atom. The molecule has 1 unspecified atom stereocenters. The van der Waals surface area contributed by atoms with Crippen LogP contribution in [0, 0.1) is 5.92 Å². The van der Waals surface area contributed by atoms with Crippen LogP contribution in [0.15, 0.2) is 0 Å². The van der Waals surface area contributed by atoms with Gasteiger partial charge in [0.2, 0.25) is 5.91 Å². The van der Waals surface area contributed by atoms with Gasteiger partial charge in [-0.15, -0.1) is 12.4 Å². The summed E-state index contributed by atoms with van der Waals surface area (Å²) < 4.78 is 0. The largest absolute Gasteiger partial charge is 0.342 e. The highest BCUT2D eigenvalue weighted by atomic mass is 35.5. The average molecular weight is 253 g/mol. The van der Waals surface area contributed by atoms with Gasteiger partial charge in [-0.25, -0.2) is 0 Å². The number of piperidine rings is 1. The summed E-state index contributed by atoms with van der Waals surface area (Å²) in [5.41, 5.74) is 5.60. The molecule has 0 aromatic heterocycles. The molecule has 1 aliphatic heterocycles. The van der Waals surface area contributed by atoms with E-state index < -0.39 is 0 Å². The summed E-state index contributed by atoms with van der Waals surface area (Å²) in [6.45, 7) is 4.53. The Bertz CT molecular complexity index is 196. The molecule has 1 rings (SSSR count). The molecule has 0 radical (unpaired) electrons. The smallest absolute Gasteiger partial charge is 0.235 e. The SMILES string of the molecule is CSC(C)C(=O)N1CCC(CN)CC1.Cl. The van der Waals surface area contributed by atoms with Crippen molar-refractivity contribution in [2.24, 2.45) is 11.7 Å². The zero-order chi connectivity index (χ0) is 10.6. The van der Waals surface area contributed by atoms with E-state index in [1.165, 1.54) is 0 Å². The maximum absolute atomic E-state index is 11.8. The van der Waals surface area contributed by atoms with Gasteiger partial charge in [0.05, 0.1) is 5.25 Å². The number of hydrogen-bond acceptors (Lipinski definition) is 3. The molecule has 5 heteroatoms.